The van der Waals surface area contributed by atoms with Crippen LogP contribution < -0.4 is 15.5 Å². The maximum atomic E-state index is 12.2. The number of nitrogens with zero attached hydrogens (tertiary/aromatic N) is 3. The summed E-state index contributed by atoms with van der Waals surface area (Å²) in [6.45, 7) is 3.71. The molecule has 2 aliphatic rings. The molecular formula is C28H32ClN5OS. The van der Waals surface area contributed by atoms with Gasteiger partial charge in [0.25, 0.3) is 0 Å². The van der Waals surface area contributed by atoms with Crippen molar-refractivity contribution in [3.63, 3.8) is 0 Å². The van der Waals surface area contributed by atoms with Crippen molar-refractivity contribution < 1.29 is 4.79 Å². The molecule has 1 saturated carbocycles. The Morgan fingerprint density at radius 3 is 2.64 bits per heavy atom. The molecule has 2 fully saturated rings. The van der Waals surface area contributed by atoms with E-state index in [4.69, 9.17) is 23.8 Å². The van der Waals surface area contributed by atoms with Crippen molar-refractivity contribution in [3.8, 4) is 0 Å². The molecule has 1 aliphatic carbocycles. The largest absolute Gasteiger partial charge is 0.351 e. The van der Waals surface area contributed by atoms with Gasteiger partial charge in [-0.2, -0.15) is 0 Å². The lowest BCUT2D eigenvalue weighted by molar-refractivity contribution is -0.118. The molecule has 0 spiro atoms. The number of pyridine rings is 1. The predicted octanol–water partition coefficient (Wildman–Crippen LogP) is 6.81. The van der Waals surface area contributed by atoms with Gasteiger partial charge in [-0.05, 0) is 67.5 Å². The van der Waals surface area contributed by atoms with E-state index in [2.05, 4.69) is 43.4 Å². The Morgan fingerprint density at radius 2 is 1.94 bits per heavy atom. The van der Waals surface area contributed by atoms with Crippen LogP contribution in [0.4, 0.5) is 11.4 Å². The van der Waals surface area contributed by atoms with Crippen LogP contribution in [0.3, 0.4) is 0 Å². The molecule has 188 valence electrons. The van der Waals surface area contributed by atoms with E-state index in [1.165, 1.54) is 37.8 Å². The van der Waals surface area contributed by atoms with E-state index in [9.17, 15) is 4.79 Å². The van der Waals surface area contributed by atoms with Gasteiger partial charge in [-0.1, -0.05) is 50.8 Å². The monoisotopic (exact) mass is 521 g/mol. The van der Waals surface area contributed by atoms with E-state index < -0.39 is 0 Å². The van der Waals surface area contributed by atoms with Crippen LogP contribution in [-0.4, -0.2) is 20.6 Å². The van der Waals surface area contributed by atoms with Crippen LogP contribution in [0.1, 0.15) is 75.5 Å². The third kappa shape index (κ3) is 4.87. The second-order valence-corrected chi connectivity index (χ2v) is 10.7. The Kier molecular flexibility index (Phi) is 7.30. The Labute approximate surface area is 223 Å². The predicted molar refractivity (Wildman–Crippen MR) is 149 cm³/mol. The summed E-state index contributed by atoms with van der Waals surface area (Å²) in [6.07, 6.45) is 10.2. The number of carbonyl (C=O) groups is 1. The number of carbonyl (C=O) groups excluding carboxylic acids is 1. The maximum absolute atomic E-state index is 12.2. The number of amides is 1. The summed E-state index contributed by atoms with van der Waals surface area (Å²) in [5, 5.41) is 7.55. The number of thiocarbonyl (C=S) groups is 1. The van der Waals surface area contributed by atoms with E-state index >= 15 is 0 Å². The number of anilines is 2. The molecule has 2 unspecified atom stereocenters. The molecule has 1 aromatic carbocycles. The van der Waals surface area contributed by atoms with Gasteiger partial charge in [0.1, 0.15) is 6.04 Å². The molecule has 2 aromatic heterocycles. The summed E-state index contributed by atoms with van der Waals surface area (Å²) in [5.41, 5.74) is 3.62. The van der Waals surface area contributed by atoms with E-state index in [0.29, 0.717) is 21.9 Å². The summed E-state index contributed by atoms with van der Waals surface area (Å²) in [6, 6.07) is 16.3. The number of hydrogen-bond donors (Lipinski definition) is 2. The van der Waals surface area contributed by atoms with E-state index in [0.717, 1.165) is 11.4 Å². The number of nitrogens with one attached hydrogen (secondary N) is 2. The lowest BCUT2D eigenvalue weighted by Crippen LogP contribution is -2.31. The van der Waals surface area contributed by atoms with Gasteiger partial charge in [-0.25, -0.2) is 0 Å². The molecule has 0 radical (unpaired) electrons. The van der Waals surface area contributed by atoms with Crippen molar-refractivity contribution >= 4 is 46.2 Å². The van der Waals surface area contributed by atoms with Crippen LogP contribution in [0.25, 0.3) is 0 Å². The zero-order valence-corrected chi connectivity index (χ0v) is 22.2. The van der Waals surface area contributed by atoms with Gasteiger partial charge in [0.15, 0.2) is 5.11 Å². The second-order valence-electron chi connectivity index (χ2n) is 9.94. The zero-order chi connectivity index (χ0) is 25.2. The van der Waals surface area contributed by atoms with Crippen LogP contribution in [0.15, 0.2) is 60.9 Å². The van der Waals surface area contributed by atoms with Crippen molar-refractivity contribution in [3.05, 3.63) is 77.3 Å². The van der Waals surface area contributed by atoms with Gasteiger partial charge in [-0.3, -0.25) is 9.78 Å². The van der Waals surface area contributed by atoms with E-state index in [1.54, 1.807) is 0 Å². The minimum atomic E-state index is -0.132. The van der Waals surface area contributed by atoms with Gasteiger partial charge >= 0.3 is 0 Å². The quantitative estimate of drug-likeness (QED) is 0.349. The second kappa shape index (κ2) is 10.6. The van der Waals surface area contributed by atoms with E-state index in [-0.39, 0.29) is 23.9 Å². The Hall–Kier alpha value is -2.90. The Bertz CT molecular complexity index is 1240. The fraction of sp³-hybridized carbons (Fsp3) is 0.393. The van der Waals surface area contributed by atoms with Crippen LogP contribution in [0.2, 0.25) is 5.02 Å². The highest BCUT2D eigenvalue weighted by molar-refractivity contribution is 7.80. The van der Waals surface area contributed by atoms with Crippen molar-refractivity contribution in [2.75, 3.05) is 10.2 Å². The first-order valence-electron chi connectivity index (χ1n) is 12.7. The van der Waals surface area contributed by atoms with Crippen LogP contribution in [0, 0.1) is 5.92 Å². The molecule has 36 heavy (non-hydrogen) atoms. The number of benzene rings is 1. The fourth-order valence-corrected chi connectivity index (χ4v) is 5.88. The van der Waals surface area contributed by atoms with Crippen molar-refractivity contribution in [2.24, 2.45) is 5.92 Å². The molecule has 6 nitrogen and oxygen atoms in total. The lowest BCUT2D eigenvalue weighted by atomic mass is 9.94. The van der Waals surface area contributed by atoms with E-state index in [1.807, 2.05) is 56.4 Å². The van der Waals surface area contributed by atoms with Gasteiger partial charge < -0.3 is 20.1 Å². The summed E-state index contributed by atoms with van der Waals surface area (Å²) in [5.74, 6) is -0.200. The minimum absolute atomic E-state index is 0.0681. The smallest absolute Gasteiger partial charge is 0.226 e. The SMILES string of the molecule is CC(C)C(=O)Nc1ccc(N2C(=S)NC(c3ccccn3)C2c2cccn2C2CCCCC2)cc1Cl. The van der Waals surface area contributed by atoms with Crippen LogP contribution in [-0.2, 0) is 4.79 Å². The van der Waals surface area contributed by atoms with Gasteiger partial charge in [0.2, 0.25) is 5.91 Å². The van der Waals surface area contributed by atoms with Crippen molar-refractivity contribution in [1.29, 1.82) is 0 Å². The Balaban J connectivity index is 1.55. The molecule has 3 heterocycles. The lowest BCUT2D eigenvalue weighted by Gasteiger charge is -2.32. The summed E-state index contributed by atoms with van der Waals surface area (Å²) >= 11 is 12.6. The highest BCUT2D eigenvalue weighted by Gasteiger charge is 2.42. The van der Waals surface area contributed by atoms with Crippen LogP contribution in [0.5, 0.6) is 0 Å². The molecule has 1 aliphatic heterocycles. The zero-order valence-electron chi connectivity index (χ0n) is 20.7. The summed E-state index contributed by atoms with van der Waals surface area (Å²) in [7, 11) is 0. The first-order valence-corrected chi connectivity index (χ1v) is 13.5. The molecule has 8 heteroatoms. The number of hydrogen-bond acceptors (Lipinski definition) is 3. The standard InChI is InChI=1S/C28H32ClN5OS/c1-18(2)27(35)31-22-14-13-20(17-21(22)29)34-26(25(32-28(34)36)23-11-6-7-15-30-23)24-12-8-16-33(24)19-9-4-3-5-10-19/h6-8,11-19,25-26H,3-5,9-10H2,1-2H3,(H,31,35)(H,32,36). The van der Waals surface area contributed by atoms with Gasteiger partial charge in [-0.15, -0.1) is 0 Å². The van der Waals surface area contributed by atoms with Crippen molar-refractivity contribution in [1.82, 2.24) is 14.9 Å². The molecule has 2 N–H and O–H groups in total. The highest BCUT2D eigenvalue weighted by Crippen LogP contribution is 2.44. The first-order chi connectivity index (χ1) is 17.4. The first kappa shape index (κ1) is 24.8. The summed E-state index contributed by atoms with van der Waals surface area (Å²) in [4.78, 5) is 19.0. The minimum Gasteiger partial charge on any atom is -0.351 e. The molecule has 3 aromatic rings. The average molecular weight is 522 g/mol. The number of aromatic nitrogens is 2. The Morgan fingerprint density at radius 1 is 1.14 bits per heavy atom. The molecule has 5 rings (SSSR count). The number of rotatable bonds is 6. The molecule has 1 amide bonds. The maximum Gasteiger partial charge on any atom is 0.226 e. The fourth-order valence-electron chi connectivity index (χ4n) is 5.32. The molecule has 2 atom stereocenters. The van der Waals surface area contributed by atoms with Gasteiger partial charge in [0.05, 0.1) is 22.4 Å². The highest BCUT2D eigenvalue weighted by atomic mass is 35.5. The van der Waals surface area contributed by atoms with Gasteiger partial charge in [0, 0.05) is 35.7 Å². The molecule has 0 bridgehead atoms. The van der Waals surface area contributed by atoms with Crippen LogP contribution >= 0.6 is 23.8 Å². The van der Waals surface area contributed by atoms with Crippen molar-refractivity contribution in [2.45, 2.75) is 64.1 Å². The summed E-state index contributed by atoms with van der Waals surface area (Å²) < 4.78 is 2.45. The third-order valence-electron chi connectivity index (χ3n) is 7.19. The normalized spacial score (nSPS) is 20.6. The third-order valence-corrected chi connectivity index (χ3v) is 7.82. The molecule has 1 saturated heterocycles. The molecular weight excluding hydrogens is 490 g/mol. The topological polar surface area (TPSA) is 62.2 Å². The average Bonchev–Trinajstić information content (AvgIpc) is 3.50. The number of halogens is 1.